The maximum absolute atomic E-state index is 12.0. The summed E-state index contributed by atoms with van der Waals surface area (Å²) in [4.78, 5) is 23.8. The fourth-order valence-electron chi connectivity index (χ4n) is 2.65. The van der Waals surface area contributed by atoms with Crippen molar-refractivity contribution in [3.8, 4) is 5.88 Å². The molecule has 0 aromatic carbocycles. The van der Waals surface area contributed by atoms with E-state index in [1.165, 1.54) is 12.7 Å². The molecule has 3 rings (SSSR count). The topological polar surface area (TPSA) is 120 Å². The van der Waals surface area contributed by atoms with E-state index in [9.17, 15) is 15.0 Å². The van der Waals surface area contributed by atoms with Gasteiger partial charge in [-0.15, -0.1) is 0 Å². The molecule has 1 aliphatic rings. The van der Waals surface area contributed by atoms with E-state index in [0.717, 1.165) is 0 Å². The Hall–Kier alpha value is -2.26. The molecule has 1 fully saturated rings. The Morgan fingerprint density at radius 3 is 2.83 bits per heavy atom. The van der Waals surface area contributed by atoms with Gasteiger partial charge in [0.25, 0.3) is 0 Å². The standard InChI is InChI=1S/C15H20N4O5/c1-15(2,3)24-14(22)11(20)8-4-5-9(23-8)19-7-18-10-12(19)16-6-17-13(10)21/h6-9,11,20H,4-5H2,1-3H3,(H,16,17,21)/t8-,9+,11?/m0/s1. The van der Waals surface area contributed by atoms with Crippen molar-refractivity contribution in [1.29, 1.82) is 0 Å². The van der Waals surface area contributed by atoms with Crippen LogP contribution in [0.15, 0.2) is 12.7 Å². The summed E-state index contributed by atoms with van der Waals surface area (Å²) in [5.41, 5.74) is 0.0302. The lowest BCUT2D eigenvalue weighted by atomic mass is 10.1. The van der Waals surface area contributed by atoms with Gasteiger partial charge in [0.15, 0.2) is 17.3 Å². The molecule has 0 spiro atoms. The van der Waals surface area contributed by atoms with Crippen LogP contribution < -0.4 is 0 Å². The molecule has 3 heterocycles. The van der Waals surface area contributed by atoms with Crippen LogP contribution in [0.5, 0.6) is 5.88 Å². The van der Waals surface area contributed by atoms with E-state index >= 15 is 0 Å². The minimum Gasteiger partial charge on any atom is -0.492 e. The summed E-state index contributed by atoms with van der Waals surface area (Å²) in [7, 11) is 0. The number of fused-ring (bicyclic) bond motifs is 1. The molecule has 0 saturated carbocycles. The smallest absolute Gasteiger partial charge is 0.338 e. The Morgan fingerprint density at radius 1 is 1.38 bits per heavy atom. The van der Waals surface area contributed by atoms with Crippen molar-refractivity contribution >= 4 is 17.1 Å². The van der Waals surface area contributed by atoms with Crippen LogP contribution in [-0.4, -0.2) is 53.5 Å². The predicted molar refractivity (Wildman–Crippen MR) is 82.0 cm³/mol. The molecule has 2 aromatic rings. The molecule has 0 aliphatic carbocycles. The van der Waals surface area contributed by atoms with Crippen LogP contribution in [0.25, 0.3) is 11.2 Å². The number of aliphatic hydroxyl groups is 1. The highest BCUT2D eigenvalue weighted by atomic mass is 16.6. The third-order valence-electron chi connectivity index (χ3n) is 3.68. The quantitative estimate of drug-likeness (QED) is 0.794. The first-order valence-corrected chi connectivity index (χ1v) is 7.69. The van der Waals surface area contributed by atoms with Gasteiger partial charge in [0.1, 0.15) is 18.2 Å². The Kier molecular flexibility index (Phi) is 4.14. The molecule has 1 aliphatic heterocycles. The van der Waals surface area contributed by atoms with Gasteiger partial charge in [0, 0.05) is 0 Å². The van der Waals surface area contributed by atoms with Gasteiger partial charge in [0.05, 0.1) is 12.4 Å². The summed E-state index contributed by atoms with van der Waals surface area (Å²) in [6.45, 7) is 5.21. The molecular formula is C15H20N4O5. The van der Waals surface area contributed by atoms with Gasteiger partial charge < -0.3 is 19.7 Å². The Balaban J connectivity index is 1.73. The second kappa shape index (κ2) is 5.99. The zero-order valence-electron chi connectivity index (χ0n) is 13.7. The highest BCUT2D eigenvalue weighted by Crippen LogP contribution is 2.33. The number of imidazole rings is 1. The third kappa shape index (κ3) is 3.17. The molecule has 0 radical (unpaired) electrons. The van der Waals surface area contributed by atoms with E-state index in [1.54, 1.807) is 25.3 Å². The summed E-state index contributed by atoms with van der Waals surface area (Å²) in [5, 5.41) is 19.8. The number of aromatic nitrogens is 4. The minimum atomic E-state index is -1.35. The lowest BCUT2D eigenvalue weighted by molar-refractivity contribution is -0.174. The average molecular weight is 336 g/mol. The molecule has 2 N–H and O–H groups in total. The molecule has 2 aromatic heterocycles. The van der Waals surface area contributed by atoms with Gasteiger partial charge in [-0.2, -0.15) is 4.98 Å². The summed E-state index contributed by atoms with van der Waals surface area (Å²) in [5.74, 6) is -0.911. The Labute approximate surface area is 138 Å². The minimum absolute atomic E-state index is 0.206. The maximum Gasteiger partial charge on any atom is 0.338 e. The van der Waals surface area contributed by atoms with Crippen molar-refractivity contribution in [2.75, 3.05) is 0 Å². The van der Waals surface area contributed by atoms with Crippen molar-refractivity contribution in [2.24, 2.45) is 0 Å². The van der Waals surface area contributed by atoms with Crippen molar-refractivity contribution in [3.63, 3.8) is 0 Å². The zero-order valence-corrected chi connectivity index (χ0v) is 13.7. The maximum atomic E-state index is 12.0. The van der Waals surface area contributed by atoms with Crippen molar-refractivity contribution < 1.29 is 24.5 Å². The summed E-state index contributed by atoms with van der Waals surface area (Å²) >= 11 is 0. The van der Waals surface area contributed by atoms with Crippen LogP contribution in [0.4, 0.5) is 0 Å². The molecule has 1 saturated heterocycles. The molecule has 9 nitrogen and oxygen atoms in total. The average Bonchev–Trinajstić information content (AvgIpc) is 3.11. The van der Waals surface area contributed by atoms with Gasteiger partial charge in [0.2, 0.25) is 5.88 Å². The van der Waals surface area contributed by atoms with E-state index in [-0.39, 0.29) is 11.4 Å². The molecule has 130 valence electrons. The van der Waals surface area contributed by atoms with Crippen LogP contribution in [0.1, 0.15) is 39.8 Å². The highest BCUT2D eigenvalue weighted by molar-refractivity contribution is 5.76. The van der Waals surface area contributed by atoms with Gasteiger partial charge >= 0.3 is 5.97 Å². The van der Waals surface area contributed by atoms with E-state index in [2.05, 4.69) is 15.0 Å². The number of esters is 1. The van der Waals surface area contributed by atoms with E-state index in [0.29, 0.717) is 18.5 Å². The van der Waals surface area contributed by atoms with Crippen LogP contribution in [0.3, 0.4) is 0 Å². The number of hydrogen-bond donors (Lipinski definition) is 2. The van der Waals surface area contributed by atoms with Gasteiger partial charge in [-0.3, -0.25) is 4.57 Å². The van der Waals surface area contributed by atoms with Gasteiger partial charge in [-0.1, -0.05) is 0 Å². The molecule has 0 amide bonds. The van der Waals surface area contributed by atoms with Crippen molar-refractivity contribution in [2.45, 2.75) is 57.6 Å². The highest BCUT2D eigenvalue weighted by Gasteiger charge is 2.38. The number of aliphatic hydroxyl groups excluding tert-OH is 1. The number of aromatic hydroxyl groups is 1. The number of nitrogens with zero attached hydrogens (tertiary/aromatic N) is 4. The van der Waals surface area contributed by atoms with Crippen LogP contribution in [0, 0.1) is 0 Å². The number of ether oxygens (including phenoxy) is 2. The second-order valence-electron chi connectivity index (χ2n) is 6.71. The Bertz CT molecular complexity index is 754. The van der Waals surface area contributed by atoms with Crippen molar-refractivity contribution in [3.05, 3.63) is 12.7 Å². The number of rotatable bonds is 3. The van der Waals surface area contributed by atoms with Crippen LogP contribution >= 0.6 is 0 Å². The van der Waals surface area contributed by atoms with E-state index < -0.39 is 30.0 Å². The molecular weight excluding hydrogens is 316 g/mol. The largest absolute Gasteiger partial charge is 0.492 e. The summed E-state index contributed by atoms with van der Waals surface area (Å²) in [6.07, 6.45) is 1.32. The molecule has 3 atom stereocenters. The lowest BCUT2D eigenvalue weighted by Gasteiger charge is -2.24. The summed E-state index contributed by atoms with van der Waals surface area (Å²) in [6, 6.07) is 0. The Morgan fingerprint density at radius 2 is 2.12 bits per heavy atom. The normalized spacial score (nSPS) is 22.7. The first-order chi connectivity index (χ1) is 11.3. The number of carbonyl (C=O) groups excluding carboxylic acids is 1. The second-order valence-corrected chi connectivity index (χ2v) is 6.71. The van der Waals surface area contributed by atoms with Crippen LogP contribution in [0.2, 0.25) is 0 Å². The first-order valence-electron chi connectivity index (χ1n) is 7.69. The first kappa shape index (κ1) is 16.6. The van der Waals surface area contributed by atoms with Crippen molar-refractivity contribution in [1.82, 2.24) is 19.5 Å². The molecule has 9 heteroatoms. The summed E-state index contributed by atoms with van der Waals surface area (Å²) < 4.78 is 12.6. The van der Waals surface area contributed by atoms with E-state index in [4.69, 9.17) is 9.47 Å². The predicted octanol–water partition coefficient (Wildman–Crippen LogP) is 0.912. The van der Waals surface area contributed by atoms with Crippen LogP contribution in [-0.2, 0) is 14.3 Å². The van der Waals surface area contributed by atoms with Gasteiger partial charge in [-0.05, 0) is 33.6 Å². The van der Waals surface area contributed by atoms with Gasteiger partial charge in [-0.25, -0.2) is 14.8 Å². The third-order valence-corrected chi connectivity index (χ3v) is 3.68. The zero-order chi connectivity index (χ0) is 17.5. The number of hydrogen-bond acceptors (Lipinski definition) is 8. The van der Waals surface area contributed by atoms with E-state index in [1.807, 2.05) is 0 Å². The monoisotopic (exact) mass is 336 g/mol. The fourth-order valence-corrected chi connectivity index (χ4v) is 2.65. The SMILES string of the molecule is CC(C)(C)OC(=O)C(O)[C@@H]1CC[C@H](n2cnc3c(O)ncnc32)O1. The molecule has 24 heavy (non-hydrogen) atoms. The number of carbonyl (C=O) groups is 1. The molecule has 1 unspecified atom stereocenters. The fraction of sp³-hybridized carbons (Fsp3) is 0.600. The molecule has 0 bridgehead atoms. The lowest BCUT2D eigenvalue weighted by Crippen LogP contribution is -2.39.